The number of anilines is 2. The fourth-order valence-corrected chi connectivity index (χ4v) is 3.04. The fraction of sp³-hybridized carbons (Fsp3) is 0.375. The van der Waals surface area contributed by atoms with E-state index in [0.29, 0.717) is 30.0 Å². The van der Waals surface area contributed by atoms with E-state index >= 15 is 0 Å². The van der Waals surface area contributed by atoms with Gasteiger partial charge in [0.2, 0.25) is 5.91 Å². The largest absolute Gasteiger partial charge is 0.494 e. The highest BCUT2D eigenvalue weighted by molar-refractivity contribution is 7.80. The van der Waals surface area contributed by atoms with Gasteiger partial charge in [0.1, 0.15) is 5.75 Å². The summed E-state index contributed by atoms with van der Waals surface area (Å²) in [6.07, 6.45) is 5.00. The Morgan fingerprint density at radius 2 is 1.71 bits per heavy atom. The first-order valence-electron chi connectivity index (χ1n) is 10.7. The van der Waals surface area contributed by atoms with Gasteiger partial charge in [0.15, 0.2) is 5.11 Å². The lowest BCUT2D eigenvalue weighted by atomic mass is 10.1. The van der Waals surface area contributed by atoms with Gasteiger partial charge >= 0.3 is 0 Å². The summed E-state index contributed by atoms with van der Waals surface area (Å²) in [7, 11) is 0. The van der Waals surface area contributed by atoms with E-state index in [9.17, 15) is 9.59 Å². The van der Waals surface area contributed by atoms with Crippen LogP contribution in [0.5, 0.6) is 5.75 Å². The SMILES string of the molecule is CCCCCCOc1ccc(C(=O)NC(=S)Nc2ccc(C)c(NC(=O)CC)c2)cc1. The molecule has 0 unspecified atom stereocenters. The first-order valence-corrected chi connectivity index (χ1v) is 11.1. The average Bonchev–Trinajstić information content (AvgIpc) is 2.76. The number of nitrogens with one attached hydrogen (secondary N) is 3. The van der Waals surface area contributed by atoms with Crippen LogP contribution in [0, 0.1) is 6.92 Å². The monoisotopic (exact) mass is 441 g/mol. The van der Waals surface area contributed by atoms with Crippen molar-refractivity contribution in [1.82, 2.24) is 5.32 Å². The molecule has 6 nitrogen and oxygen atoms in total. The minimum absolute atomic E-state index is 0.0653. The summed E-state index contributed by atoms with van der Waals surface area (Å²) >= 11 is 5.26. The molecule has 0 bridgehead atoms. The quantitative estimate of drug-likeness (QED) is 0.338. The molecule has 0 aliphatic carbocycles. The number of benzene rings is 2. The number of unbranched alkanes of at least 4 members (excludes halogenated alkanes) is 3. The highest BCUT2D eigenvalue weighted by Crippen LogP contribution is 2.20. The van der Waals surface area contributed by atoms with Gasteiger partial charge in [0, 0.05) is 23.4 Å². The molecule has 3 N–H and O–H groups in total. The first kappa shape index (κ1) is 24.3. The van der Waals surface area contributed by atoms with E-state index in [1.807, 2.05) is 19.1 Å². The van der Waals surface area contributed by atoms with Gasteiger partial charge in [-0.2, -0.15) is 0 Å². The number of rotatable bonds is 10. The van der Waals surface area contributed by atoms with Crippen molar-refractivity contribution >= 4 is 40.5 Å². The maximum atomic E-state index is 12.5. The molecule has 0 heterocycles. The summed E-state index contributed by atoms with van der Waals surface area (Å²) in [6, 6.07) is 12.5. The van der Waals surface area contributed by atoms with Gasteiger partial charge in [-0.25, -0.2) is 0 Å². The lowest BCUT2D eigenvalue weighted by Gasteiger charge is -2.13. The van der Waals surface area contributed by atoms with Crippen molar-refractivity contribution in [3.8, 4) is 5.75 Å². The minimum atomic E-state index is -0.307. The Balaban J connectivity index is 1.87. The zero-order chi connectivity index (χ0) is 22.6. The standard InChI is InChI=1S/C24H31N3O3S/c1-4-6-7-8-15-30-20-13-10-18(11-14-20)23(29)27-24(31)25-19-12-9-17(3)21(16-19)26-22(28)5-2/h9-14,16H,4-8,15H2,1-3H3,(H,26,28)(H2,25,27,29,31). The molecule has 0 spiro atoms. The van der Waals surface area contributed by atoms with Gasteiger partial charge in [-0.15, -0.1) is 0 Å². The van der Waals surface area contributed by atoms with Crippen LogP contribution in [-0.4, -0.2) is 23.5 Å². The highest BCUT2D eigenvalue weighted by Gasteiger charge is 2.10. The molecule has 0 radical (unpaired) electrons. The van der Waals surface area contributed by atoms with Crippen LogP contribution in [0.1, 0.15) is 61.9 Å². The van der Waals surface area contributed by atoms with E-state index in [-0.39, 0.29) is 16.9 Å². The number of aryl methyl sites for hydroxylation is 1. The van der Waals surface area contributed by atoms with Crippen molar-refractivity contribution in [2.45, 2.75) is 52.9 Å². The zero-order valence-corrected chi connectivity index (χ0v) is 19.2. The molecule has 0 aliphatic heterocycles. The molecule has 0 atom stereocenters. The Bertz CT molecular complexity index is 897. The van der Waals surface area contributed by atoms with Gasteiger partial charge in [-0.3, -0.25) is 14.9 Å². The summed E-state index contributed by atoms with van der Waals surface area (Å²) in [4.78, 5) is 24.1. The zero-order valence-electron chi connectivity index (χ0n) is 18.4. The van der Waals surface area contributed by atoms with E-state index in [1.165, 1.54) is 12.8 Å². The molecular formula is C24H31N3O3S. The van der Waals surface area contributed by atoms with Crippen LogP contribution in [0.3, 0.4) is 0 Å². The number of thiocarbonyl (C=S) groups is 1. The summed E-state index contributed by atoms with van der Waals surface area (Å²) in [5.41, 5.74) is 2.81. The Morgan fingerprint density at radius 1 is 0.968 bits per heavy atom. The molecular weight excluding hydrogens is 410 g/mol. The van der Waals surface area contributed by atoms with Crippen LogP contribution >= 0.6 is 12.2 Å². The first-order chi connectivity index (χ1) is 14.9. The number of carbonyl (C=O) groups is 2. The highest BCUT2D eigenvalue weighted by atomic mass is 32.1. The third kappa shape index (κ3) is 8.38. The van der Waals surface area contributed by atoms with Crippen molar-refractivity contribution in [3.05, 3.63) is 53.6 Å². The van der Waals surface area contributed by atoms with Crippen LogP contribution in [0.4, 0.5) is 11.4 Å². The molecule has 7 heteroatoms. The molecule has 0 aliphatic rings. The minimum Gasteiger partial charge on any atom is -0.494 e. The smallest absolute Gasteiger partial charge is 0.257 e. The lowest BCUT2D eigenvalue weighted by Crippen LogP contribution is -2.34. The van der Waals surface area contributed by atoms with Crippen molar-refractivity contribution in [1.29, 1.82) is 0 Å². The Morgan fingerprint density at radius 3 is 2.39 bits per heavy atom. The predicted octanol–water partition coefficient (Wildman–Crippen LogP) is 5.43. The third-order valence-corrected chi connectivity index (χ3v) is 4.90. The summed E-state index contributed by atoms with van der Waals surface area (Å²) in [5.74, 6) is 0.373. The molecule has 0 aromatic heterocycles. The molecule has 0 fully saturated rings. The number of carbonyl (C=O) groups excluding carboxylic acids is 2. The maximum Gasteiger partial charge on any atom is 0.257 e. The predicted molar refractivity (Wildman–Crippen MR) is 130 cm³/mol. The van der Waals surface area contributed by atoms with Gasteiger partial charge in [-0.05, 0) is 67.5 Å². The fourth-order valence-electron chi connectivity index (χ4n) is 2.83. The molecule has 0 saturated carbocycles. The van der Waals surface area contributed by atoms with Gasteiger partial charge < -0.3 is 15.4 Å². The molecule has 2 amide bonds. The van der Waals surface area contributed by atoms with Crippen molar-refractivity contribution in [2.75, 3.05) is 17.2 Å². The third-order valence-electron chi connectivity index (χ3n) is 4.70. The van der Waals surface area contributed by atoms with E-state index in [1.54, 1.807) is 37.3 Å². The van der Waals surface area contributed by atoms with Crippen LogP contribution in [0.25, 0.3) is 0 Å². The number of amides is 2. The second-order valence-electron chi connectivity index (χ2n) is 7.27. The Labute approximate surface area is 189 Å². The van der Waals surface area contributed by atoms with Crippen LogP contribution in [0.2, 0.25) is 0 Å². The second kappa shape index (κ2) is 12.7. The van der Waals surface area contributed by atoms with Crippen molar-refractivity contribution < 1.29 is 14.3 Å². The van der Waals surface area contributed by atoms with E-state index in [0.717, 1.165) is 24.2 Å². The normalized spacial score (nSPS) is 10.3. The number of hydrogen-bond donors (Lipinski definition) is 3. The number of hydrogen-bond acceptors (Lipinski definition) is 4. The summed E-state index contributed by atoms with van der Waals surface area (Å²) in [6.45, 7) is 6.56. The topological polar surface area (TPSA) is 79.5 Å². The molecule has 2 aromatic carbocycles. The lowest BCUT2D eigenvalue weighted by molar-refractivity contribution is -0.115. The average molecular weight is 442 g/mol. The van der Waals surface area contributed by atoms with Gasteiger partial charge in [0.25, 0.3) is 5.91 Å². The number of ether oxygens (including phenoxy) is 1. The molecule has 31 heavy (non-hydrogen) atoms. The van der Waals surface area contributed by atoms with Crippen LogP contribution < -0.4 is 20.7 Å². The summed E-state index contributed by atoms with van der Waals surface area (Å²) < 4.78 is 5.70. The molecule has 166 valence electrons. The van der Waals surface area contributed by atoms with Crippen LogP contribution in [0.15, 0.2) is 42.5 Å². The van der Waals surface area contributed by atoms with E-state index in [2.05, 4.69) is 22.9 Å². The van der Waals surface area contributed by atoms with Crippen molar-refractivity contribution in [3.63, 3.8) is 0 Å². The molecule has 0 saturated heterocycles. The Hall–Kier alpha value is -2.93. The summed E-state index contributed by atoms with van der Waals surface area (Å²) in [5, 5.41) is 8.68. The van der Waals surface area contributed by atoms with E-state index < -0.39 is 0 Å². The van der Waals surface area contributed by atoms with Gasteiger partial charge in [0.05, 0.1) is 6.61 Å². The van der Waals surface area contributed by atoms with Gasteiger partial charge in [-0.1, -0.05) is 39.2 Å². The second-order valence-corrected chi connectivity index (χ2v) is 7.68. The van der Waals surface area contributed by atoms with Crippen LogP contribution in [-0.2, 0) is 4.79 Å². The van der Waals surface area contributed by atoms with Crippen molar-refractivity contribution in [2.24, 2.45) is 0 Å². The maximum absolute atomic E-state index is 12.5. The molecule has 2 rings (SSSR count). The Kier molecular flexibility index (Phi) is 9.97. The van der Waals surface area contributed by atoms with E-state index in [4.69, 9.17) is 17.0 Å². The molecule has 2 aromatic rings.